The lowest BCUT2D eigenvalue weighted by Crippen LogP contribution is -2.40. The number of Topliss-reactive ketones (excluding diaryl/α,β-unsaturated/α-hetero) is 1. The zero-order valence-electron chi connectivity index (χ0n) is 16.3. The molecule has 1 aliphatic heterocycles. The molecule has 29 heavy (non-hydrogen) atoms. The average Bonchev–Trinajstić information content (AvgIpc) is 2.74. The van der Waals surface area contributed by atoms with Gasteiger partial charge in [0.05, 0.1) is 23.7 Å². The summed E-state index contributed by atoms with van der Waals surface area (Å²) >= 11 is 0. The number of morpholine rings is 1. The molecule has 1 saturated heterocycles. The maximum atomic E-state index is 12.8. The van der Waals surface area contributed by atoms with Gasteiger partial charge in [-0.25, -0.2) is 13.2 Å². The molecule has 1 unspecified atom stereocenters. The summed E-state index contributed by atoms with van der Waals surface area (Å²) in [6, 6.07) is 12.6. The van der Waals surface area contributed by atoms with E-state index < -0.39 is 22.1 Å². The van der Waals surface area contributed by atoms with Crippen molar-refractivity contribution in [2.45, 2.75) is 24.8 Å². The van der Waals surface area contributed by atoms with Gasteiger partial charge in [0, 0.05) is 18.7 Å². The van der Waals surface area contributed by atoms with E-state index in [2.05, 4.69) is 0 Å². The molecule has 3 rings (SSSR count). The summed E-state index contributed by atoms with van der Waals surface area (Å²) < 4.78 is 37.3. The van der Waals surface area contributed by atoms with Gasteiger partial charge in [-0.2, -0.15) is 4.31 Å². The fraction of sp³-hybridized carbons (Fsp3) is 0.333. The van der Waals surface area contributed by atoms with Gasteiger partial charge in [0.25, 0.3) is 0 Å². The largest absolute Gasteiger partial charge is 0.451 e. The molecule has 1 aliphatic rings. The van der Waals surface area contributed by atoms with E-state index >= 15 is 0 Å². The lowest BCUT2D eigenvalue weighted by molar-refractivity contribution is 0.0318. The van der Waals surface area contributed by atoms with Crippen LogP contribution in [0.4, 0.5) is 0 Å². The van der Waals surface area contributed by atoms with Gasteiger partial charge in [-0.15, -0.1) is 0 Å². The fourth-order valence-corrected chi connectivity index (χ4v) is 4.41. The van der Waals surface area contributed by atoms with Gasteiger partial charge in [-0.05, 0) is 32.0 Å². The number of sulfonamides is 1. The van der Waals surface area contributed by atoms with Crippen LogP contribution in [0.1, 0.15) is 33.2 Å². The van der Waals surface area contributed by atoms with E-state index in [-0.39, 0.29) is 29.3 Å². The molecule has 0 radical (unpaired) electrons. The maximum Gasteiger partial charge on any atom is 0.338 e. The number of esters is 1. The monoisotopic (exact) mass is 417 g/mol. The van der Waals surface area contributed by atoms with E-state index in [0.29, 0.717) is 18.8 Å². The number of aryl methyl sites for hydroxylation is 1. The first-order valence-electron chi connectivity index (χ1n) is 9.29. The molecule has 2 aromatic carbocycles. The van der Waals surface area contributed by atoms with Crippen molar-refractivity contribution in [3.8, 4) is 0 Å². The summed E-state index contributed by atoms with van der Waals surface area (Å²) in [5.74, 6) is -1.08. The fourth-order valence-electron chi connectivity index (χ4n) is 2.95. The predicted octanol–water partition coefficient (Wildman–Crippen LogP) is 2.44. The summed E-state index contributed by atoms with van der Waals surface area (Å²) in [5.41, 5.74) is 1.53. The second kappa shape index (κ2) is 8.86. The average molecular weight is 417 g/mol. The normalized spacial score (nSPS) is 16.2. The van der Waals surface area contributed by atoms with E-state index in [1.54, 1.807) is 12.1 Å². The number of benzene rings is 2. The lowest BCUT2D eigenvalue weighted by Gasteiger charge is -2.26. The first-order valence-corrected chi connectivity index (χ1v) is 10.7. The topological polar surface area (TPSA) is 90.0 Å². The molecule has 7 nitrogen and oxygen atoms in total. The van der Waals surface area contributed by atoms with Crippen LogP contribution in [-0.4, -0.2) is 56.9 Å². The highest BCUT2D eigenvalue weighted by molar-refractivity contribution is 7.89. The summed E-state index contributed by atoms with van der Waals surface area (Å²) in [4.78, 5) is 25.0. The molecule has 2 aromatic rings. The van der Waals surface area contributed by atoms with Gasteiger partial charge in [0.1, 0.15) is 0 Å². The molecule has 0 amide bonds. The van der Waals surface area contributed by atoms with Crippen molar-refractivity contribution in [1.29, 1.82) is 0 Å². The van der Waals surface area contributed by atoms with Crippen molar-refractivity contribution in [2.24, 2.45) is 0 Å². The molecule has 1 fully saturated rings. The Morgan fingerprint density at radius 1 is 1.03 bits per heavy atom. The number of rotatable bonds is 6. The minimum absolute atomic E-state index is 0.00589. The third kappa shape index (κ3) is 4.90. The van der Waals surface area contributed by atoms with Crippen molar-refractivity contribution >= 4 is 21.8 Å². The van der Waals surface area contributed by atoms with Crippen LogP contribution in [0.2, 0.25) is 0 Å². The molecule has 0 N–H and O–H groups in total. The second-order valence-corrected chi connectivity index (χ2v) is 8.76. The van der Waals surface area contributed by atoms with Gasteiger partial charge < -0.3 is 9.47 Å². The third-order valence-electron chi connectivity index (χ3n) is 4.67. The van der Waals surface area contributed by atoms with E-state index in [0.717, 1.165) is 5.56 Å². The number of hydrogen-bond donors (Lipinski definition) is 0. The highest BCUT2D eigenvalue weighted by Gasteiger charge is 2.27. The van der Waals surface area contributed by atoms with Gasteiger partial charge in [0.2, 0.25) is 15.8 Å². The van der Waals surface area contributed by atoms with Gasteiger partial charge in [0.15, 0.2) is 6.10 Å². The lowest BCUT2D eigenvalue weighted by atomic mass is 10.1. The third-order valence-corrected chi connectivity index (χ3v) is 6.56. The Morgan fingerprint density at radius 3 is 2.34 bits per heavy atom. The van der Waals surface area contributed by atoms with Crippen LogP contribution in [0.3, 0.4) is 0 Å². The number of ether oxygens (including phenoxy) is 2. The smallest absolute Gasteiger partial charge is 0.338 e. The highest BCUT2D eigenvalue weighted by atomic mass is 32.2. The highest BCUT2D eigenvalue weighted by Crippen LogP contribution is 2.19. The summed E-state index contributed by atoms with van der Waals surface area (Å²) in [7, 11) is -3.73. The van der Waals surface area contributed by atoms with E-state index in [1.807, 2.05) is 19.1 Å². The molecule has 0 aromatic heterocycles. The van der Waals surface area contributed by atoms with Crippen LogP contribution >= 0.6 is 0 Å². The van der Waals surface area contributed by atoms with E-state index in [9.17, 15) is 18.0 Å². The first-order chi connectivity index (χ1) is 13.8. The number of ketones is 1. The van der Waals surface area contributed by atoms with Gasteiger partial charge in [-0.1, -0.05) is 35.9 Å². The van der Waals surface area contributed by atoms with Crippen LogP contribution in [0, 0.1) is 6.92 Å². The molecule has 0 aliphatic carbocycles. The van der Waals surface area contributed by atoms with Crippen LogP contribution in [0.25, 0.3) is 0 Å². The molecule has 0 spiro atoms. The quantitative estimate of drug-likeness (QED) is 0.530. The van der Waals surface area contributed by atoms with Crippen LogP contribution in [0.5, 0.6) is 0 Å². The maximum absolute atomic E-state index is 12.8. The van der Waals surface area contributed by atoms with Gasteiger partial charge in [-0.3, -0.25) is 4.79 Å². The molecule has 0 bridgehead atoms. The Labute approximate surface area is 170 Å². The number of carbonyl (C=O) groups is 2. The molecular weight excluding hydrogens is 394 g/mol. The Bertz CT molecular complexity index is 994. The van der Waals surface area contributed by atoms with Gasteiger partial charge >= 0.3 is 5.97 Å². The number of nitrogens with zero attached hydrogens (tertiary/aromatic N) is 1. The molecule has 1 atom stereocenters. The Hall–Kier alpha value is -2.55. The molecule has 154 valence electrons. The summed E-state index contributed by atoms with van der Waals surface area (Å²) in [6.45, 7) is 4.60. The predicted molar refractivity (Wildman–Crippen MR) is 106 cm³/mol. The van der Waals surface area contributed by atoms with Crippen molar-refractivity contribution < 1.29 is 27.5 Å². The minimum atomic E-state index is -3.73. The van der Waals surface area contributed by atoms with Crippen LogP contribution in [0.15, 0.2) is 53.4 Å². The minimum Gasteiger partial charge on any atom is -0.451 e. The summed E-state index contributed by atoms with van der Waals surface area (Å²) in [6.07, 6.45) is -0.996. The first kappa shape index (κ1) is 21.2. The Morgan fingerprint density at radius 2 is 1.69 bits per heavy atom. The molecule has 0 saturated carbocycles. The zero-order chi connectivity index (χ0) is 21.0. The van der Waals surface area contributed by atoms with Crippen molar-refractivity contribution in [2.75, 3.05) is 26.3 Å². The molecule has 8 heteroatoms. The van der Waals surface area contributed by atoms with Crippen molar-refractivity contribution in [1.82, 2.24) is 4.31 Å². The molecular formula is C21H23NO6S. The Kier molecular flexibility index (Phi) is 6.46. The zero-order valence-corrected chi connectivity index (χ0v) is 17.1. The molecule has 1 heterocycles. The Balaban J connectivity index is 1.73. The van der Waals surface area contributed by atoms with Crippen LogP contribution in [-0.2, 0) is 19.5 Å². The second-order valence-electron chi connectivity index (χ2n) is 6.82. The number of carbonyl (C=O) groups excluding carboxylic acids is 2. The SMILES string of the molecule is Cc1ccc(C(=O)C(C)OC(=O)c2cccc(S(=O)(=O)N3CCOCC3)c2)cc1. The van der Waals surface area contributed by atoms with E-state index in [4.69, 9.17) is 9.47 Å². The van der Waals surface area contributed by atoms with Crippen LogP contribution < -0.4 is 0 Å². The summed E-state index contributed by atoms with van der Waals surface area (Å²) in [5, 5.41) is 0. The standard InChI is InChI=1S/C21H23NO6S/c1-15-6-8-17(9-7-15)20(23)16(2)28-21(24)18-4-3-5-19(14-18)29(25,26)22-10-12-27-13-11-22/h3-9,14,16H,10-13H2,1-2H3. The van der Waals surface area contributed by atoms with E-state index in [1.165, 1.54) is 35.5 Å². The van der Waals surface area contributed by atoms with Crippen molar-refractivity contribution in [3.05, 3.63) is 65.2 Å². The number of hydrogen-bond acceptors (Lipinski definition) is 6. The van der Waals surface area contributed by atoms with Crippen molar-refractivity contribution in [3.63, 3.8) is 0 Å².